The van der Waals surface area contributed by atoms with Crippen molar-refractivity contribution in [3.8, 4) is 0 Å². The highest BCUT2D eigenvalue weighted by atomic mass is 19.3. The smallest absolute Gasteiger partial charge is 0.324 e. The van der Waals surface area contributed by atoms with Crippen molar-refractivity contribution in [3.63, 3.8) is 0 Å². The van der Waals surface area contributed by atoms with E-state index in [2.05, 4.69) is 4.98 Å². The van der Waals surface area contributed by atoms with Gasteiger partial charge in [0.25, 0.3) is 0 Å². The summed E-state index contributed by atoms with van der Waals surface area (Å²) in [5, 5.41) is 2.62. The van der Waals surface area contributed by atoms with Crippen LogP contribution < -0.4 is 5.32 Å². The molecule has 1 aromatic carbocycles. The zero-order valence-corrected chi connectivity index (χ0v) is 10.3. The van der Waals surface area contributed by atoms with Crippen LogP contribution in [0.5, 0.6) is 0 Å². The predicted molar refractivity (Wildman–Crippen MR) is 66.0 cm³/mol. The third-order valence-electron chi connectivity index (χ3n) is 2.87. The summed E-state index contributed by atoms with van der Waals surface area (Å²) in [5.41, 5.74) is 1.44. The van der Waals surface area contributed by atoms with Crippen LogP contribution in [0, 0.1) is 0 Å². The molecule has 0 fully saturated rings. The molecule has 0 spiro atoms. The SMILES string of the molecule is O=C(Cc1c[nH]c2ccccc12)NCC(F)(F)C(F)F. The Bertz CT molecular complexity index is 609. The van der Waals surface area contributed by atoms with Gasteiger partial charge in [-0.05, 0) is 11.6 Å². The molecule has 0 unspecified atom stereocenters. The van der Waals surface area contributed by atoms with Crippen LogP contribution >= 0.6 is 0 Å². The predicted octanol–water partition coefficient (Wildman–Crippen LogP) is 2.73. The van der Waals surface area contributed by atoms with Gasteiger partial charge in [-0.1, -0.05) is 18.2 Å². The Morgan fingerprint density at radius 3 is 2.70 bits per heavy atom. The van der Waals surface area contributed by atoms with Gasteiger partial charge in [-0.3, -0.25) is 4.79 Å². The third kappa shape index (κ3) is 3.09. The third-order valence-corrected chi connectivity index (χ3v) is 2.87. The van der Waals surface area contributed by atoms with Crippen molar-refractivity contribution in [1.29, 1.82) is 0 Å². The molecule has 3 nitrogen and oxygen atoms in total. The first-order valence-corrected chi connectivity index (χ1v) is 5.88. The number of carbonyl (C=O) groups excluding carboxylic acids is 1. The maximum Gasteiger partial charge on any atom is 0.324 e. The van der Waals surface area contributed by atoms with E-state index in [1.54, 1.807) is 18.3 Å². The van der Waals surface area contributed by atoms with Gasteiger partial charge in [0.15, 0.2) is 0 Å². The van der Waals surface area contributed by atoms with Crippen molar-refractivity contribution in [3.05, 3.63) is 36.0 Å². The average Bonchev–Trinajstić information content (AvgIpc) is 2.80. The second-order valence-corrected chi connectivity index (χ2v) is 4.37. The number of halogens is 4. The van der Waals surface area contributed by atoms with Crippen LogP contribution in [-0.4, -0.2) is 29.8 Å². The van der Waals surface area contributed by atoms with Crippen molar-refractivity contribution >= 4 is 16.8 Å². The average molecular weight is 288 g/mol. The van der Waals surface area contributed by atoms with Crippen molar-refractivity contribution in [1.82, 2.24) is 10.3 Å². The highest BCUT2D eigenvalue weighted by Crippen LogP contribution is 2.22. The Hall–Kier alpha value is -2.05. The summed E-state index contributed by atoms with van der Waals surface area (Å²) in [7, 11) is 0. The van der Waals surface area contributed by atoms with Gasteiger partial charge in [0.05, 0.1) is 13.0 Å². The number of benzene rings is 1. The summed E-state index contributed by atoms with van der Waals surface area (Å²) in [5.74, 6) is -4.94. The lowest BCUT2D eigenvalue weighted by molar-refractivity contribution is -0.136. The van der Waals surface area contributed by atoms with Crippen molar-refractivity contribution in [2.45, 2.75) is 18.8 Å². The molecule has 0 aliphatic carbocycles. The maximum atomic E-state index is 12.7. The van der Waals surface area contributed by atoms with Crippen LogP contribution in [0.15, 0.2) is 30.5 Å². The maximum absolute atomic E-state index is 12.7. The lowest BCUT2D eigenvalue weighted by Crippen LogP contribution is -2.41. The molecular formula is C13H12F4N2O. The largest absolute Gasteiger partial charge is 0.361 e. The fourth-order valence-corrected chi connectivity index (χ4v) is 1.81. The van der Waals surface area contributed by atoms with Crippen molar-refractivity contribution in [2.75, 3.05) is 6.54 Å². The van der Waals surface area contributed by atoms with Gasteiger partial charge in [0, 0.05) is 17.1 Å². The van der Waals surface area contributed by atoms with Gasteiger partial charge in [0.2, 0.25) is 5.91 Å². The van der Waals surface area contributed by atoms with Crippen LogP contribution in [-0.2, 0) is 11.2 Å². The number of fused-ring (bicyclic) bond motifs is 1. The molecule has 20 heavy (non-hydrogen) atoms. The van der Waals surface area contributed by atoms with E-state index in [1.165, 1.54) is 0 Å². The second kappa shape index (κ2) is 5.52. The van der Waals surface area contributed by atoms with Crippen LogP contribution in [0.3, 0.4) is 0 Å². The number of aromatic nitrogens is 1. The molecule has 1 heterocycles. The molecular weight excluding hydrogens is 276 g/mol. The van der Waals surface area contributed by atoms with E-state index >= 15 is 0 Å². The normalized spacial score (nSPS) is 12.1. The van der Waals surface area contributed by atoms with E-state index < -0.39 is 24.8 Å². The lowest BCUT2D eigenvalue weighted by Gasteiger charge is -2.15. The fraction of sp³-hybridized carbons (Fsp3) is 0.308. The Labute approximate surface area is 112 Å². The number of alkyl halides is 4. The minimum atomic E-state index is -4.21. The quantitative estimate of drug-likeness (QED) is 0.816. The van der Waals surface area contributed by atoms with Gasteiger partial charge in [-0.15, -0.1) is 0 Å². The molecule has 7 heteroatoms. The first kappa shape index (κ1) is 14.4. The number of rotatable bonds is 5. The van der Waals surface area contributed by atoms with Gasteiger partial charge < -0.3 is 10.3 Å². The molecule has 2 aromatic rings. The van der Waals surface area contributed by atoms with Crippen molar-refractivity contribution < 1.29 is 22.4 Å². The number of hydrogen-bond acceptors (Lipinski definition) is 1. The highest BCUT2D eigenvalue weighted by molar-refractivity contribution is 5.88. The second-order valence-electron chi connectivity index (χ2n) is 4.37. The molecule has 108 valence electrons. The number of amides is 1. The molecule has 0 bridgehead atoms. The van der Waals surface area contributed by atoms with Gasteiger partial charge in [0.1, 0.15) is 0 Å². The molecule has 0 radical (unpaired) electrons. The number of carbonyl (C=O) groups is 1. The van der Waals surface area contributed by atoms with Gasteiger partial charge in [-0.25, -0.2) is 8.78 Å². The minimum absolute atomic E-state index is 0.149. The first-order chi connectivity index (χ1) is 9.40. The monoisotopic (exact) mass is 288 g/mol. The molecule has 0 aliphatic rings. The molecule has 0 aliphatic heterocycles. The van der Waals surface area contributed by atoms with Crippen molar-refractivity contribution in [2.24, 2.45) is 0 Å². The van der Waals surface area contributed by atoms with Gasteiger partial charge >= 0.3 is 12.3 Å². The topological polar surface area (TPSA) is 44.9 Å². The number of nitrogens with one attached hydrogen (secondary N) is 2. The highest BCUT2D eigenvalue weighted by Gasteiger charge is 2.40. The number of hydrogen-bond donors (Lipinski definition) is 2. The fourth-order valence-electron chi connectivity index (χ4n) is 1.81. The van der Waals surface area contributed by atoms with Crippen LogP contribution in [0.4, 0.5) is 17.6 Å². The number of para-hydroxylation sites is 1. The number of aromatic amines is 1. The molecule has 2 N–H and O–H groups in total. The molecule has 0 saturated carbocycles. The van der Waals surface area contributed by atoms with Crippen LogP contribution in [0.25, 0.3) is 10.9 Å². The van der Waals surface area contributed by atoms with E-state index in [1.807, 2.05) is 17.4 Å². The molecule has 1 amide bonds. The summed E-state index contributed by atoms with van der Waals surface area (Å²) in [6.45, 7) is -1.37. The van der Waals surface area contributed by atoms with E-state index in [9.17, 15) is 22.4 Å². The van der Waals surface area contributed by atoms with E-state index in [0.717, 1.165) is 10.9 Å². The Balaban J connectivity index is 1.98. The lowest BCUT2D eigenvalue weighted by atomic mass is 10.1. The van der Waals surface area contributed by atoms with E-state index in [4.69, 9.17) is 0 Å². The van der Waals surface area contributed by atoms with Crippen LogP contribution in [0.1, 0.15) is 5.56 Å². The Morgan fingerprint density at radius 2 is 2.00 bits per heavy atom. The Morgan fingerprint density at radius 1 is 1.30 bits per heavy atom. The summed E-state index contributed by atoms with van der Waals surface area (Å²) >= 11 is 0. The molecule has 0 saturated heterocycles. The minimum Gasteiger partial charge on any atom is -0.361 e. The first-order valence-electron chi connectivity index (χ1n) is 5.88. The molecule has 1 aromatic heterocycles. The zero-order valence-electron chi connectivity index (χ0n) is 10.3. The summed E-state index contributed by atoms with van der Waals surface area (Å²) in [4.78, 5) is 14.5. The zero-order chi connectivity index (χ0) is 14.8. The molecule has 0 atom stereocenters. The number of H-pyrrole nitrogens is 1. The summed E-state index contributed by atoms with van der Waals surface area (Å²) in [6.07, 6.45) is -2.35. The van der Waals surface area contributed by atoms with E-state index in [0.29, 0.717) is 5.56 Å². The molecule has 2 rings (SSSR count). The Kier molecular flexibility index (Phi) is 3.96. The summed E-state index contributed by atoms with van der Waals surface area (Å²) < 4.78 is 49.2. The summed E-state index contributed by atoms with van der Waals surface area (Å²) in [6, 6.07) is 7.18. The van der Waals surface area contributed by atoms with E-state index in [-0.39, 0.29) is 6.42 Å². The van der Waals surface area contributed by atoms with Crippen LogP contribution in [0.2, 0.25) is 0 Å². The standard InChI is InChI=1S/C13H12F4N2O/c14-12(15)13(16,17)7-19-11(20)5-8-6-18-10-4-2-1-3-9(8)10/h1-4,6,12,18H,5,7H2,(H,19,20). The van der Waals surface area contributed by atoms with Gasteiger partial charge in [-0.2, -0.15) is 8.78 Å².